The van der Waals surface area contributed by atoms with Crippen LogP contribution in [-0.2, 0) is 4.79 Å². The van der Waals surface area contributed by atoms with Gasteiger partial charge < -0.3 is 4.90 Å². The molecule has 2 nitrogen and oxygen atoms in total. The Morgan fingerprint density at radius 1 is 1.28 bits per heavy atom. The fourth-order valence-corrected chi connectivity index (χ4v) is 2.50. The maximum absolute atomic E-state index is 12.1. The van der Waals surface area contributed by atoms with Crippen LogP contribution in [0.25, 0.3) is 0 Å². The van der Waals surface area contributed by atoms with Gasteiger partial charge in [0.05, 0.1) is 6.42 Å². The molecule has 0 N–H and O–H groups in total. The van der Waals surface area contributed by atoms with Crippen LogP contribution < -0.4 is 0 Å². The van der Waals surface area contributed by atoms with Gasteiger partial charge in [-0.2, -0.15) is 13.2 Å². The van der Waals surface area contributed by atoms with Gasteiger partial charge in [-0.1, -0.05) is 20.8 Å². The van der Waals surface area contributed by atoms with Crippen LogP contribution in [-0.4, -0.2) is 36.5 Å². The van der Waals surface area contributed by atoms with Crippen molar-refractivity contribution in [2.24, 2.45) is 11.3 Å². The minimum Gasteiger partial charge on any atom is -0.303 e. The zero-order valence-electron chi connectivity index (χ0n) is 11.3. The fourth-order valence-electron chi connectivity index (χ4n) is 2.50. The Morgan fingerprint density at radius 3 is 2.17 bits per heavy atom. The van der Waals surface area contributed by atoms with E-state index in [0.717, 1.165) is 0 Å². The number of hydrogen-bond acceptors (Lipinski definition) is 2. The summed E-state index contributed by atoms with van der Waals surface area (Å²) in [6.45, 7) is 6.93. The van der Waals surface area contributed by atoms with Crippen molar-refractivity contribution in [3.05, 3.63) is 0 Å². The van der Waals surface area contributed by atoms with E-state index in [4.69, 9.17) is 0 Å². The molecule has 1 aliphatic heterocycles. The summed E-state index contributed by atoms with van der Waals surface area (Å²) in [6, 6.07) is 0. The van der Waals surface area contributed by atoms with Crippen molar-refractivity contribution >= 4 is 5.78 Å². The Labute approximate surface area is 107 Å². The first-order valence-electron chi connectivity index (χ1n) is 6.47. The van der Waals surface area contributed by atoms with Gasteiger partial charge in [0.2, 0.25) is 0 Å². The second-order valence-corrected chi connectivity index (χ2v) is 5.79. The quantitative estimate of drug-likeness (QED) is 0.777. The molecule has 0 atom stereocenters. The average molecular weight is 265 g/mol. The second kappa shape index (κ2) is 5.59. The lowest BCUT2D eigenvalue weighted by Gasteiger charge is -2.39. The van der Waals surface area contributed by atoms with Crippen molar-refractivity contribution in [1.29, 1.82) is 0 Å². The van der Waals surface area contributed by atoms with Gasteiger partial charge >= 0.3 is 6.18 Å². The van der Waals surface area contributed by atoms with E-state index in [9.17, 15) is 18.0 Å². The predicted molar refractivity (Wildman–Crippen MR) is 64.3 cm³/mol. The smallest absolute Gasteiger partial charge is 0.303 e. The van der Waals surface area contributed by atoms with Crippen LogP contribution in [0.2, 0.25) is 0 Å². The van der Waals surface area contributed by atoms with E-state index in [2.05, 4.69) is 0 Å². The third-order valence-electron chi connectivity index (χ3n) is 3.79. The van der Waals surface area contributed by atoms with Crippen LogP contribution in [0, 0.1) is 11.3 Å². The highest BCUT2D eigenvalue weighted by molar-refractivity contribution is 5.86. The Hall–Kier alpha value is -0.580. The molecule has 0 bridgehead atoms. The molecule has 0 aliphatic carbocycles. The van der Waals surface area contributed by atoms with Crippen molar-refractivity contribution in [3.63, 3.8) is 0 Å². The van der Waals surface area contributed by atoms with Gasteiger partial charge in [0.1, 0.15) is 5.78 Å². The number of likely N-dealkylation sites (tertiary alicyclic amines) is 1. The molecule has 1 fully saturated rings. The summed E-state index contributed by atoms with van der Waals surface area (Å²) in [5.74, 6) is 0.231. The number of carbonyl (C=O) groups is 1. The fraction of sp³-hybridized carbons (Fsp3) is 0.923. The molecule has 5 heteroatoms. The number of nitrogens with zero attached hydrogens (tertiary/aromatic N) is 1. The number of carbonyl (C=O) groups excluding carboxylic acids is 1. The molecule has 0 unspecified atom stereocenters. The maximum Gasteiger partial charge on any atom is 0.390 e. The molecule has 106 valence electrons. The average Bonchev–Trinajstić information content (AvgIpc) is 2.26. The summed E-state index contributed by atoms with van der Waals surface area (Å²) < 4.78 is 36.3. The first-order chi connectivity index (χ1) is 8.14. The number of rotatable bonds is 4. The summed E-state index contributed by atoms with van der Waals surface area (Å²) in [6.07, 6.45) is -3.51. The molecule has 0 saturated carbocycles. The molecule has 0 aromatic rings. The van der Waals surface area contributed by atoms with E-state index in [1.165, 1.54) is 0 Å². The number of hydrogen-bond donors (Lipinski definition) is 0. The van der Waals surface area contributed by atoms with Gasteiger partial charge in [-0.05, 0) is 25.9 Å². The first kappa shape index (κ1) is 15.5. The molecule has 0 aromatic carbocycles. The third kappa shape index (κ3) is 4.26. The summed E-state index contributed by atoms with van der Waals surface area (Å²) in [5.41, 5.74) is -0.344. The number of alkyl halides is 3. The van der Waals surface area contributed by atoms with E-state index in [1.54, 1.807) is 0 Å². The topological polar surface area (TPSA) is 20.3 Å². The van der Waals surface area contributed by atoms with Crippen LogP contribution >= 0.6 is 0 Å². The molecule has 1 rings (SSSR count). The molecule has 0 spiro atoms. The highest BCUT2D eigenvalue weighted by Gasteiger charge is 2.38. The van der Waals surface area contributed by atoms with Crippen molar-refractivity contribution < 1.29 is 18.0 Å². The lowest BCUT2D eigenvalue weighted by atomic mass is 9.73. The molecule has 1 aliphatic rings. The van der Waals surface area contributed by atoms with E-state index in [0.29, 0.717) is 25.9 Å². The number of Topliss-reactive ketones (excluding diaryl/α,β-unsaturated/α-hetero) is 1. The van der Waals surface area contributed by atoms with Gasteiger partial charge in [-0.25, -0.2) is 0 Å². The third-order valence-corrected chi connectivity index (χ3v) is 3.79. The van der Waals surface area contributed by atoms with E-state index in [1.807, 2.05) is 25.7 Å². The Bertz CT molecular complexity index is 291. The molecule has 0 aromatic heterocycles. The second-order valence-electron chi connectivity index (χ2n) is 5.79. The Morgan fingerprint density at radius 2 is 1.78 bits per heavy atom. The van der Waals surface area contributed by atoms with E-state index < -0.39 is 12.6 Å². The van der Waals surface area contributed by atoms with Gasteiger partial charge in [0, 0.05) is 17.9 Å². The zero-order valence-corrected chi connectivity index (χ0v) is 11.3. The predicted octanol–water partition coefficient (Wildman–Crippen LogP) is 3.27. The van der Waals surface area contributed by atoms with Crippen molar-refractivity contribution in [2.75, 3.05) is 19.6 Å². The molecule has 18 heavy (non-hydrogen) atoms. The lowest BCUT2D eigenvalue weighted by Crippen LogP contribution is -2.44. The molecule has 1 heterocycles. The minimum absolute atomic E-state index is 0.00303. The highest BCUT2D eigenvalue weighted by atomic mass is 19.4. The van der Waals surface area contributed by atoms with Crippen molar-refractivity contribution in [3.8, 4) is 0 Å². The summed E-state index contributed by atoms with van der Waals surface area (Å²) in [4.78, 5) is 13.9. The lowest BCUT2D eigenvalue weighted by molar-refractivity contribution is -0.142. The van der Waals surface area contributed by atoms with Gasteiger partial charge in [-0.15, -0.1) is 0 Å². The van der Waals surface area contributed by atoms with Crippen LogP contribution in [0.3, 0.4) is 0 Å². The number of ketones is 1. The monoisotopic (exact) mass is 265 g/mol. The van der Waals surface area contributed by atoms with Gasteiger partial charge in [-0.3, -0.25) is 4.79 Å². The SMILES string of the molecule is CC(C)C(=O)C1(C)CCN(CCC(F)(F)F)CC1. The minimum atomic E-state index is -4.09. The van der Waals surface area contributed by atoms with Crippen LogP contribution in [0.4, 0.5) is 13.2 Å². The highest BCUT2D eigenvalue weighted by Crippen LogP contribution is 2.34. The Kier molecular flexibility index (Phi) is 4.81. The molecule has 1 saturated heterocycles. The van der Waals surface area contributed by atoms with E-state index >= 15 is 0 Å². The number of halogens is 3. The van der Waals surface area contributed by atoms with E-state index in [-0.39, 0.29) is 23.7 Å². The molecular weight excluding hydrogens is 243 g/mol. The number of piperidine rings is 1. The first-order valence-corrected chi connectivity index (χ1v) is 6.47. The van der Waals surface area contributed by atoms with Crippen LogP contribution in [0.5, 0.6) is 0 Å². The standard InChI is InChI=1S/C13H22F3NO/c1-10(2)11(18)12(3)4-7-17(8-5-12)9-6-13(14,15)16/h10H,4-9H2,1-3H3. The zero-order chi connectivity index (χ0) is 14.0. The van der Waals surface area contributed by atoms with Crippen LogP contribution in [0.15, 0.2) is 0 Å². The normalized spacial score (nSPS) is 21.3. The summed E-state index contributed by atoms with van der Waals surface area (Å²) in [5, 5.41) is 0. The summed E-state index contributed by atoms with van der Waals surface area (Å²) >= 11 is 0. The molecule has 0 radical (unpaired) electrons. The largest absolute Gasteiger partial charge is 0.390 e. The van der Waals surface area contributed by atoms with Gasteiger partial charge in [0.25, 0.3) is 0 Å². The van der Waals surface area contributed by atoms with Crippen molar-refractivity contribution in [1.82, 2.24) is 4.90 Å². The maximum atomic E-state index is 12.1. The van der Waals surface area contributed by atoms with Gasteiger partial charge in [0.15, 0.2) is 0 Å². The van der Waals surface area contributed by atoms with Crippen molar-refractivity contribution in [2.45, 2.75) is 46.2 Å². The summed E-state index contributed by atoms with van der Waals surface area (Å²) in [7, 11) is 0. The molecular formula is C13H22F3NO. The molecule has 0 amide bonds. The Balaban J connectivity index is 2.43. The van der Waals surface area contributed by atoms with Crippen LogP contribution in [0.1, 0.15) is 40.0 Å².